The summed E-state index contributed by atoms with van der Waals surface area (Å²) in [4.78, 5) is 11.5. The van der Waals surface area contributed by atoms with Crippen LogP contribution in [0.25, 0.3) is 0 Å². The molecule has 1 unspecified atom stereocenters. The number of nitrogens with zero attached hydrogens (tertiary/aromatic N) is 1. The second-order valence-electron chi connectivity index (χ2n) is 4.00. The van der Waals surface area contributed by atoms with Crippen LogP contribution in [0.4, 0.5) is 11.5 Å². The molecule has 0 aromatic carbocycles. The maximum absolute atomic E-state index is 11.5. The minimum Gasteiger partial charge on any atom is -0.365 e. The van der Waals surface area contributed by atoms with Crippen LogP contribution in [-0.2, 0) is 4.79 Å². The number of hydrogen-bond donors (Lipinski definition) is 3. The number of nitrogens with one attached hydrogen (secondary N) is 3. The smallest absolute Gasteiger partial charge is 0.226 e. The molecule has 0 bridgehead atoms. The van der Waals surface area contributed by atoms with Crippen LogP contribution in [0.2, 0.25) is 0 Å². The predicted octanol–water partition coefficient (Wildman–Crippen LogP) is 0.942. The lowest BCUT2D eigenvalue weighted by atomic mass is 10.1. The molecule has 5 heteroatoms. The van der Waals surface area contributed by atoms with Crippen LogP contribution in [-0.4, -0.2) is 22.1 Å². The average Bonchev–Trinajstić information content (AvgIpc) is 2.92. The largest absolute Gasteiger partial charge is 0.365 e. The lowest BCUT2D eigenvalue weighted by Gasteiger charge is -2.13. The fourth-order valence-electron chi connectivity index (χ4n) is 1.91. The second-order valence-corrected chi connectivity index (χ2v) is 4.00. The van der Waals surface area contributed by atoms with Crippen LogP contribution in [0.15, 0.2) is 6.20 Å². The third-order valence-corrected chi connectivity index (χ3v) is 2.84. The van der Waals surface area contributed by atoms with E-state index in [0.29, 0.717) is 12.3 Å². The normalized spacial score (nSPS) is 26.0. The number of aromatic nitrogens is 2. The van der Waals surface area contributed by atoms with E-state index in [4.69, 9.17) is 0 Å². The van der Waals surface area contributed by atoms with Gasteiger partial charge in [0.05, 0.1) is 6.20 Å². The SMILES string of the molecule is O=C1CC(C2CC2)Nc2[nH]ncc2N1. The number of fused-ring (bicyclic) bond motifs is 1. The highest BCUT2D eigenvalue weighted by Gasteiger charge is 2.34. The monoisotopic (exact) mass is 192 g/mol. The van der Waals surface area contributed by atoms with Crippen molar-refractivity contribution in [1.29, 1.82) is 0 Å². The number of hydrogen-bond acceptors (Lipinski definition) is 3. The van der Waals surface area contributed by atoms with Gasteiger partial charge in [0.25, 0.3) is 0 Å². The lowest BCUT2D eigenvalue weighted by molar-refractivity contribution is -0.116. The van der Waals surface area contributed by atoms with E-state index < -0.39 is 0 Å². The molecule has 1 saturated carbocycles. The summed E-state index contributed by atoms with van der Waals surface area (Å²) in [6, 6.07) is 0.275. The van der Waals surface area contributed by atoms with Crippen molar-refractivity contribution in [2.45, 2.75) is 25.3 Å². The van der Waals surface area contributed by atoms with E-state index in [1.807, 2.05) is 0 Å². The van der Waals surface area contributed by atoms with Crippen LogP contribution in [0, 0.1) is 5.92 Å². The van der Waals surface area contributed by atoms with Crippen LogP contribution in [0.5, 0.6) is 0 Å². The molecule has 1 aliphatic heterocycles. The number of carbonyl (C=O) groups is 1. The van der Waals surface area contributed by atoms with E-state index in [9.17, 15) is 4.79 Å². The van der Waals surface area contributed by atoms with Gasteiger partial charge in [0.1, 0.15) is 11.5 Å². The Kier molecular flexibility index (Phi) is 1.53. The van der Waals surface area contributed by atoms with E-state index in [1.54, 1.807) is 6.20 Å². The van der Waals surface area contributed by atoms with Crippen LogP contribution >= 0.6 is 0 Å². The molecule has 3 rings (SSSR count). The van der Waals surface area contributed by atoms with Gasteiger partial charge in [-0.2, -0.15) is 5.10 Å². The maximum Gasteiger partial charge on any atom is 0.226 e. The van der Waals surface area contributed by atoms with Crippen molar-refractivity contribution in [3.05, 3.63) is 6.20 Å². The zero-order valence-corrected chi connectivity index (χ0v) is 7.71. The van der Waals surface area contributed by atoms with E-state index in [1.165, 1.54) is 12.8 Å². The van der Waals surface area contributed by atoms with Crippen molar-refractivity contribution in [2.75, 3.05) is 10.6 Å². The zero-order chi connectivity index (χ0) is 9.54. The number of aromatic amines is 1. The highest BCUT2D eigenvalue weighted by molar-refractivity contribution is 5.95. The van der Waals surface area contributed by atoms with Crippen LogP contribution in [0.3, 0.4) is 0 Å². The summed E-state index contributed by atoms with van der Waals surface area (Å²) in [5.41, 5.74) is 0.762. The first-order valence-electron chi connectivity index (χ1n) is 4.92. The molecule has 14 heavy (non-hydrogen) atoms. The minimum atomic E-state index is 0.0783. The Balaban J connectivity index is 1.90. The third-order valence-electron chi connectivity index (χ3n) is 2.84. The Hall–Kier alpha value is -1.52. The van der Waals surface area contributed by atoms with Gasteiger partial charge >= 0.3 is 0 Å². The molecule has 1 fully saturated rings. The van der Waals surface area contributed by atoms with Gasteiger partial charge in [-0.15, -0.1) is 0 Å². The first-order valence-corrected chi connectivity index (χ1v) is 4.92. The topological polar surface area (TPSA) is 69.8 Å². The van der Waals surface area contributed by atoms with Crippen LogP contribution < -0.4 is 10.6 Å². The van der Waals surface area contributed by atoms with Crippen molar-refractivity contribution in [1.82, 2.24) is 10.2 Å². The van der Waals surface area contributed by atoms with Gasteiger partial charge in [0.2, 0.25) is 5.91 Å². The Morgan fingerprint density at radius 2 is 2.29 bits per heavy atom. The molecule has 1 atom stereocenters. The number of anilines is 2. The minimum absolute atomic E-state index is 0.0783. The summed E-state index contributed by atoms with van der Waals surface area (Å²) in [5, 5.41) is 12.9. The molecule has 5 nitrogen and oxygen atoms in total. The van der Waals surface area contributed by atoms with Crippen molar-refractivity contribution in [2.24, 2.45) is 5.92 Å². The van der Waals surface area contributed by atoms with Crippen molar-refractivity contribution >= 4 is 17.4 Å². The first kappa shape index (κ1) is 7.84. The Morgan fingerprint density at radius 1 is 1.43 bits per heavy atom. The Morgan fingerprint density at radius 3 is 3.07 bits per heavy atom. The summed E-state index contributed by atoms with van der Waals surface area (Å²) in [6.45, 7) is 0. The molecule has 1 amide bonds. The fourth-order valence-corrected chi connectivity index (χ4v) is 1.91. The molecule has 2 aliphatic rings. The number of H-pyrrole nitrogens is 1. The number of amides is 1. The van der Waals surface area contributed by atoms with Gasteiger partial charge in [0.15, 0.2) is 0 Å². The summed E-state index contributed by atoms with van der Waals surface area (Å²) in [5.74, 6) is 1.58. The molecule has 1 aliphatic carbocycles. The van der Waals surface area contributed by atoms with Crippen molar-refractivity contribution in [3.8, 4) is 0 Å². The molecular weight excluding hydrogens is 180 g/mol. The predicted molar refractivity (Wildman–Crippen MR) is 52.0 cm³/mol. The highest BCUT2D eigenvalue weighted by atomic mass is 16.1. The van der Waals surface area contributed by atoms with Gasteiger partial charge in [-0.25, -0.2) is 0 Å². The second kappa shape index (κ2) is 2.73. The van der Waals surface area contributed by atoms with Gasteiger partial charge in [-0.3, -0.25) is 9.89 Å². The standard InChI is InChI=1S/C9H12N4O/c14-8-3-6(5-1-2-5)12-9-7(11-8)4-10-13-9/h4-6H,1-3H2,(H,11,14)(H2,10,12,13). The van der Waals surface area contributed by atoms with E-state index in [-0.39, 0.29) is 11.9 Å². The highest BCUT2D eigenvalue weighted by Crippen LogP contribution is 2.37. The van der Waals surface area contributed by atoms with E-state index in [0.717, 1.165) is 11.5 Å². The molecule has 3 N–H and O–H groups in total. The summed E-state index contributed by atoms with van der Waals surface area (Å²) in [7, 11) is 0. The molecule has 0 radical (unpaired) electrons. The molecule has 74 valence electrons. The lowest BCUT2D eigenvalue weighted by Crippen LogP contribution is -2.25. The van der Waals surface area contributed by atoms with Gasteiger partial charge in [0, 0.05) is 12.5 Å². The van der Waals surface area contributed by atoms with Gasteiger partial charge in [-0.1, -0.05) is 0 Å². The molecule has 1 aromatic rings. The summed E-state index contributed by atoms with van der Waals surface area (Å²) in [6.07, 6.45) is 4.66. The first-order chi connectivity index (χ1) is 6.83. The van der Waals surface area contributed by atoms with Crippen LogP contribution in [0.1, 0.15) is 19.3 Å². The maximum atomic E-state index is 11.5. The zero-order valence-electron chi connectivity index (χ0n) is 7.71. The molecular formula is C9H12N4O. The summed E-state index contributed by atoms with van der Waals surface area (Å²) < 4.78 is 0. The molecule has 0 spiro atoms. The van der Waals surface area contributed by atoms with Gasteiger partial charge in [-0.05, 0) is 18.8 Å². The van der Waals surface area contributed by atoms with E-state index in [2.05, 4.69) is 20.8 Å². The number of rotatable bonds is 1. The van der Waals surface area contributed by atoms with Crippen molar-refractivity contribution in [3.63, 3.8) is 0 Å². The molecule has 2 heterocycles. The summed E-state index contributed by atoms with van der Waals surface area (Å²) >= 11 is 0. The Bertz CT molecular complexity index is 369. The third kappa shape index (κ3) is 1.25. The molecule has 1 aromatic heterocycles. The fraction of sp³-hybridized carbons (Fsp3) is 0.556. The van der Waals surface area contributed by atoms with E-state index >= 15 is 0 Å². The van der Waals surface area contributed by atoms with Crippen molar-refractivity contribution < 1.29 is 4.79 Å². The Labute approximate surface area is 81.3 Å². The molecule has 0 saturated heterocycles. The quantitative estimate of drug-likeness (QED) is 0.620. The average molecular weight is 192 g/mol. The number of carbonyl (C=O) groups excluding carboxylic acids is 1. The van der Waals surface area contributed by atoms with Gasteiger partial charge < -0.3 is 10.6 Å².